The fourth-order valence-corrected chi connectivity index (χ4v) is 1.78. The zero-order valence-electron chi connectivity index (χ0n) is 7.92. The Kier molecular flexibility index (Phi) is 4.32. The first-order chi connectivity index (χ1) is 7.33. The first-order valence-corrected chi connectivity index (χ1v) is 4.54. The number of hydrogen-bond acceptors (Lipinski definition) is 6. The maximum atomic E-state index is 10.2. The van der Waals surface area contributed by atoms with Gasteiger partial charge in [0.05, 0.1) is 12.1 Å². The zero-order chi connectivity index (χ0) is 11.1. The number of carbonyl (C=O) groups excluding carboxylic acids is 3. The summed E-state index contributed by atoms with van der Waals surface area (Å²) in [4.78, 5) is 41.1. The van der Waals surface area contributed by atoms with Crippen LogP contribution < -0.4 is 0 Å². The summed E-state index contributed by atoms with van der Waals surface area (Å²) in [5.74, 6) is 0. The van der Waals surface area contributed by atoms with Crippen molar-refractivity contribution in [1.82, 2.24) is 0 Å². The highest BCUT2D eigenvalue weighted by molar-refractivity contribution is 5.38. The predicted octanol–water partition coefficient (Wildman–Crippen LogP) is 0.284. The van der Waals surface area contributed by atoms with E-state index in [0.717, 1.165) is 6.42 Å². The van der Waals surface area contributed by atoms with Crippen molar-refractivity contribution >= 4 is 18.2 Å². The third-order valence-corrected chi connectivity index (χ3v) is 2.43. The van der Waals surface area contributed by atoms with E-state index in [1.165, 1.54) is 18.2 Å². The van der Waals surface area contributed by atoms with Gasteiger partial charge in [-0.3, -0.25) is 0 Å². The van der Waals surface area contributed by atoms with E-state index in [-0.39, 0.29) is 0 Å². The van der Waals surface area contributed by atoms with Crippen molar-refractivity contribution < 1.29 is 14.4 Å². The highest BCUT2D eigenvalue weighted by Gasteiger charge is 2.33. The van der Waals surface area contributed by atoms with Gasteiger partial charge in [0.15, 0.2) is 0 Å². The second-order valence-corrected chi connectivity index (χ2v) is 3.22. The van der Waals surface area contributed by atoms with Crippen molar-refractivity contribution in [2.75, 3.05) is 0 Å². The van der Waals surface area contributed by atoms with Crippen molar-refractivity contribution in [2.24, 2.45) is 15.0 Å². The van der Waals surface area contributed by atoms with Gasteiger partial charge in [0.1, 0.15) is 6.04 Å². The Morgan fingerprint density at radius 2 is 1.27 bits per heavy atom. The van der Waals surface area contributed by atoms with E-state index in [2.05, 4.69) is 15.0 Å². The SMILES string of the molecule is O=C=NC1CCCC(N=C=O)C1N=C=O. The van der Waals surface area contributed by atoms with E-state index < -0.39 is 18.1 Å². The molecule has 1 rings (SSSR count). The van der Waals surface area contributed by atoms with Crippen LogP contribution in [-0.4, -0.2) is 36.4 Å². The summed E-state index contributed by atoms with van der Waals surface area (Å²) in [6.07, 6.45) is 6.32. The van der Waals surface area contributed by atoms with Crippen LogP contribution in [0.5, 0.6) is 0 Å². The predicted molar refractivity (Wildman–Crippen MR) is 49.6 cm³/mol. The summed E-state index contributed by atoms with van der Waals surface area (Å²) in [6, 6.07) is -1.45. The van der Waals surface area contributed by atoms with Gasteiger partial charge < -0.3 is 0 Å². The Morgan fingerprint density at radius 1 is 0.800 bits per heavy atom. The van der Waals surface area contributed by atoms with Gasteiger partial charge in [-0.2, -0.15) is 4.99 Å². The number of aliphatic imine (C=N–C) groups is 3. The molecule has 1 aliphatic rings. The summed E-state index contributed by atoms with van der Waals surface area (Å²) in [5, 5.41) is 0. The van der Waals surface area contributed by atoms with E-state index in [1.807, 2.05) is 0 Å². The lowest BCUT2D eigenvalue weighted by molar-refractivity contribution is 0.341. The molecule has 6 heteroatoms. The lowest BCUT2D eigenvalue weighted by atomic mass is 9.87. The molecule has 0 aromatic rings. The molecule has 1 fully saturated rings. The lowest BCUT2D eigenvalue weighted by Gasteiger charge is -2.27. The van der Waals surface area contributed by atoms with Crippen LogP contribution in [0.3, 0.4) is 0 Å². The van der Waals surface area contributed by atoms with E-state index in [0.29, 0.717) is 12.8 Å². The Bertz CT molecular complexity index is 337. The molecule has 15 heavy (non-hydrogen) atoms. The summed E-state index contributed by atoms with van der Waals surface area (Å²) in [6.45, 7) is 0. The maximum absolute atomic E-state index is 10.2. The molecule has 2 atom stereocenters. The number of nitrogens with zero attached hydrogens (tertiary/aromatic N) is 3. The molecule has 0 aliphatic heterocycles. The van der Waals surface area contributed by atoms with E-state index in [4.69, 9.17) is 0 Å². The fourth-order valence-electron chi connectivity index (χ4n) is 1.78. The number of hydrogen-bond donors (Lipinski definition) is 0. The second kappa shape index (κ2) is 5.78. The largest absolute Gasteiger partial charge is 0.235 e. The average Bonchev–Trinajstić information content (AvgIpc) is 2.23. The summed E-state index contributed by atoms with van der Waals surface area (Å²) in [7, 11) is 0. The van der Waals surface area contributed by atoms with Crippen LogP contribution in [0.4, 0.5) is 0 Å². The molecule has 6 nitrogen and oxygen atoms in total. The molecule has 0 N–H and O–H groups in total. The van der Waals surface area contributed by atoms with Crippen LogP contribution in [0.15, 0.2) is 15.0 Å². The van der Waals surface area contributed by atoms with Gasteiger partial charge in [0.25, 0.3) is 0 Å². The normalized spacial score (nSPS) is 29.2. The van der Waals surface area contributed by atoms with Crippen LogP contribution in [-0.2, 0) is 14.4 Å². The summed E-state index contributed by atoms with van der Waals surface area (Å²) >= 11 is 0. The van der Waals surface area contributed by atoms with Crippen molar-refractivity contribution in [2.45, 2.75) is 37.4 Å². The van der Waals surface area contributed by atoms with Gasteiger partial charge in [-0.1, -0.05) is 0 Å². The van der Waals surface area contributed by atoms with Gasteiger partial charge in [-0.05, 0) is 19.3 Å². The lowest BCUT2D eigenvalue weighted by Crippen LogP contribution is -2.37. The fraction of sp³-hybridized carbons (Fsp3) is 0.667. The molecule has 0 saturated heterocycles. The van der Waals surface area contributed by atoms with Gasteiger partial charge in [-0.25, -0.2) is 24.4 Å². The van der Waals surface area contributed by atoms with Crippen LogP contribution in [0.1, 0.15) is 19.3 Å². The molecule has 2 unspecified atom stereocenters. The molecule has 78 valence electrons. The first kappa shape index (κ1) is 11.2. The number of rotatable bonds is 3. The molecule has 1 saturated carbocycles. The molecule has 0 aromatic carbocycles. The summed E-state index contributed by atoms with van der Waals surface area (Å²) < 4.78 is 0. The molecule has 0 aromatic heterocycles. The second-order valence-electron chi connectivity index (χ2n) is 3.22. The van der Waals surface area contributed by atoms with Crippen LogP contribution in [0, 0.1) is 0 Å². The minimum atomic E-state index is -0.584. The highest BCUT2D eigenvalue weighted by Crippen LogP contribution is 2.25. The zero-order valence-corrected chi connectivity index (χ0v) is 7.92. The van der Waals surface area contributed by atoms with E-state index >= 15 is 0 Å². The van der Waals surface area contributed by atoms with Gasteiger partial charge >= 0.3 is 0 Å². The molecule has 1 aliphatic carbocycles. The Hall–Kier alpha value is -1.86. The van der Waals surface area contributed by atoms with Gasteiger partial charge in [0, 0.05) is 0 Å². The molecule has 0 bridgehead atoms. The van der Waals surface area contributed by atoms with Crippen molar-refractivity contribution in [1.29, 1.82) is 0 Å². The van der Waals surface area contributed by atoms with Crippen LogP contribution in [0.2, 0.25) is 0 Å². The number of isocyanates is 3. The summed E-state index contributed by atoms with van der Waals surface area (Å²) in [5.41, 5.74) is 0. The van der Waals surface area contributed by atoms with Crippen LogP contribution >= 0.6 is 0 Å². The van der Waals surface area contributed by atoms with Crippen molar-refractivity contribution in [3.63, 3.8) is 0 Å². The molecular weight excluding hydrogens is 198 g/mol. The van der Waals surface area contributed by atoms with Gasteiger partial charge in [0.2, 0.25) is 18.2 Å². The maximum Gasteiger partial charge on any atom is 0.235 e. The minimum Gasteiger partial charge on any atom is -0.211 e. The first-order valence-electron chi connectivity index (χ1n) is 4.54. The highest BCUT2D eigenvalue weighted by atomic mass is 16.1. The standard InChI is InChI=1S/C9H9N3O3/c13-4-10-7-2-1-3-8(11-5-14)9(7)12-6-15/h7-9H,1-3H2. The van der Waals surface area contributed by atoms with Crippen molar-refractivity contribution in [3.8, 4) is 0 Å². The average molecular weight is 207 g/mol. The molecule has 0 spiro atoms. The molecular formula is C9H9N3O3. The topological polar surface area (TPSA) is 88.3 Å². The Morgan fingerprint density at radius 3 is 1.67 bits per heavy atom. The van der Waals surface area contributed by atoms with Crippen LogP contribution in [0.25, 0.3) is 0 Å². The van der Waals surface area contributed by atoms with E-state index in [9.17, 15) is 14.4 Å². The monoisotopic (exact) mass is 207 g/mol. The van der Waals surface area contributed by atoms with Gasteiger partial charge in [-0.15, -0.1) is 0 Å². The minimum absolute atomic E-state index is 0.431. The molecule has 0 amide bonds. The molecule has 0 radical (unpaired) electrons. The smallest absolute Gasteiger partial charge is 0.211 e. The Balaban J connectivity index is 2.93. The quantitative estimate of drug-likeness (QED) is 0.492. The van der Waals surface area contributed by atoms with Crippen molar-refractivity contribution in [3.05, 3.63) is 0 Å². The molecule has 0 heterocycles. The van der Waals surface area contributed by atoms with E-state index in [1.54, 1.807) is 0 Å². The third kappa shape index (κ3) is 2.79. The third-order valence-electron chi connectivity index (χ3n) is 2.43. The Labute approximate surface area is 85.8 Å².